The van der Waals surface area contributed by atoms with Crippen molar-refractivity contribution in [1.82, 2.24) is 14.9 Å². The number of morpholine rings is 1. The highest BCUT2D eigenvalue weighted by atomic mass is 16.5. The van der Waals surface area contributed by atoms with Crippen molar-refractivity contribution in [3.8, 4) is 11.5 Å². The van der Waals surface area contributed by atoms with Crippen molar-refractivity contribution in [1.29, 1.82) is 0 Å². The zero-order chi connectivity index (χ0) is 19.1. The van der Waals surface area contributed by atoms with Gasteiger partial charge in [-0.15, -0.1) is 0 Å². The van der Waals surface area contributed by atoms with E-state index in [0.29, 0.717) is 49.4 Å². The summed E-state index contributed by atoms with van der Waals surface area (Å²) in [6.45, 7) is 3.64. The first-order valence-electron chi connectivity index (χ1n) is 8.85. The highest BCUT2D eigenvalue weighted by Gasteiger charge is 2.16. The van der Waals surface area contributed by atoms with Gasteiger partial charge in [-0.2, -0.15) is 0 Å². The number of amides is 1. The molecule has 0 unspecified atom stereocenters. The Morgan fingerprint density at radius 1 is 1.19 bits per heavy atom. The van der Waals surface area contributed by atoms with E-state index in [1.165, 1.54) is 0 Å². The Bertz CT molecular complexity index is 748. The van der Waals surface area contributed by atoms with Gasteiger partial charge >= 0.3 is 0 Å². The molecule has 1 aliphatic rings. The van der Waals surface area contributed by atoms with Crippen LogP contribution >= 0.6 is 0 Å². The Labute approximate surface area is 158 Å². The molecule has 3 rings (SSSR count). The number of benzene rings is 1. The normalized spacial score (nSPS) is 13.9. The fourth-order valence-electron chi connectivity index (χ4n) is 2.71. The molecule has 2 heterocycles. The number of ether oxygens (including phenoxy) is 3. The van der Waals surface area contributed by atoms with Gasteiger partial charge in [-0.1, -0.05) is 12.1 Å². The Kier molecular flexibility index (Phi) is 6.43. The summed E-state index contributed by atoms with van der Waals surface area (Å²) in [5, 5.41) is 0. The summed E-state index contributed by atoms with van der Waals surface area (Å²) in [6.07, 6.45) is 3.13. The van der Waals surface area contributed by atoms with Crippen LogP contribution in [-0.4, -0.2) is 74.4 Å². The van der Waals surface area contributed by atoms with E-state index >= 15 is 0 Å². The van der Waals surface area contributed by atoms with Crippen molar-refractivity contribution in [2.24, 2.45) is 0 Å². The van der Waals surface area contributed by atoms with E-state index in [1.807, 2.05) is 29.2 Å². The number of rotatable bonds is 7. The van der Waals surface area contributed by atoms with Crippen LogP contribution in [-0.2, 0) is 4.74 Å². The van der Waals surface area contributed by atoms with E-state index in [-0.39, 0.29) is 5.91 Å². The summed E-state index contributed by atoms with van der Waals surface area (Å²) in [6, 6.07) is 7.42. The number of likely N-dealkylation sites (N-methyl/N-ethyl adjacent to an activating group) is 1. The first-order valence-corrected chi connectivity index (χ1v) is 8.85. The molecule has 1 aromatic heterocycles. The molecule has 27 heavy (non-hydrogen) atoms. The van der Waals surface area contributed by atoms with Crippen LogP contribution in [0.25, 0.3) is 0 Å². The van der Waals surface area contributed by atoms with Gasteiger partial charge in [0.1, 0.15) is 6.61 Å². The summed E-state index contributed by atoms with van der Waals surface area (Å²) < 4.78 is 16.3. The monoisotopic (exact) mass is 372 g/mol. The van der Waals surface area contributed by atoms with Gasteiger partial charge in [-0.3, -0.25) is 4.79 Å². The largest absolute Gasteiger partial charge is 0.493 e. The number of methoxy groups -OCH3 is 1. The van der Waals surface area contributed by atoms with Gasteiger partial charge in [-0.25, -0.2) is 9.97 Å². The van der Waals surface area contributed by atoms with Crippen molar-refractivity contribution in [3.63, 3.8) is 0 Å². The predicted molar refractivity (Wildman–Crippen MR) is 101 cm³/mol. The van der Waals surface area contributed by atoms with Gasteiger partial charge < -0.3 is 24.0 Å². The third kappa shape index (κ3) is 4.85. The maximum atomic E-state index is 12.5. The van der Waals surface area contributed by atoms with Crippen molar-refractivity contribution in [2.45, 2.75) is 0 Å². The van der Waals surface area contributed by atoms with Crippen LogP contribution < -0.4 is 14.4 Å². The average Bonchev–Trinajstić information content (AvgIpc) is 2.74. The second-order valence-electron chi connectivity index (χ2n) is 6.10. The Morgan fingerprint density at radius 2 is 1.85 bits per heavy atom. The Balaban J connectivity index is 1.52. The number of carbonyl (C=O) groups excluding carboxylic acids is 1. The fourth-order valence-corrected chi connectivity index (χ4v) is 2.71. The number of aromatic nitrogens is 2. The molecule has 8 heteroatoms. The summed E-state index contributed by atoms with van der Waals surface area (Å²) in [5.74, 6) is 1.79. The summed E-state index contributed by atoms with van der Waals surface area (Å²) in [7, 11) is 3.32. The molecular formula is C19H24N4O4. The quantitative estimate of drug-likeness (QED) is 0.728. The summed E-state index contributed by atoms with van der Waals surface area (Å²) >= 11 is 0. The van der Waals surface area contributed by atoms with E-state index in [0.717, 1.165) is 13.1 Å². The minimum absolute atomic E-state index is 0.146. The molecule has 144 valence electrons. The predicted octanol–water partition coefficient (Wildman–Crippen LogP) is 1.47. The third-order valence-electron chi connectivity index (χ3n) is 4.28. The molecule has 0 saturated carbocycles. The molecule has 0 aliphatic carbocycles. The van der Waals surface area contributed by atoms with E-state index in [4.69, 9.17) is 14.2 Å². The Morgan fingerprint density at radius 3 is 2.52 bits per heavy atom. The van der Waals surface area contributed by atoms with Gasteiger partial charge in [0.25, 0.3) is 5.91 Å². The molecule has 1 aromatic carbocycles. The molecule has 0 bridgehead atoms. The fraction of sp³-hybridized carbons (Fsp3) is 0.421. The molecule has 1 amide bonds. The molecule has 2 aromatic rings. The zero-order valence-corrected chi connectivity index (χ0v) is 15.6. The highest BCUT2D eigenvalue weighted by molar-refractivity contribution is 5.93. The van der Waals surface area contributed by atoms with Gasteiger partial charge in [-0.05, 0) is 12.1 Å². The van der Waals surface area contributed by atoms with Crippen LogP contribution in [0.2, 0.25) is 0 Å². The number of hydrogen-bond acceptors (Lipinski definition) is 7. The van der Waals surface area contributed by atoms with Crippen molar-refractivity contribution in [2.75, 3.05) is 58.5 Å². The average molecular weight is 372 g/mol. The minimum atomic E-state index is -0.146. The first kappa shape index (κ1) is 18.9. The van der Waals surface area contributed by atoms with E-state index in [1.54, 1.807) is 31.5 Å². The van der Waals surface area contributed by atoms with Gasteiger partial charge in [0.2, 0.25) is 5.95 Å². The lowest BCUT2D eigenvalue weighted by molar-refractivity contribution is 0.0772. The molecule has 0 N–H and O–H groups in total. The number of hydrogen-bond donors (Lipinski definition) is 0. The highest BCUT2D eigenvalue weighted by Crippen LogP contribution is 2.25. The van der Waals surface area contributed by atoms with Crippen LogP contribution in [0.15, 0.2) is 36.7 Å². The van der Waals surface area contributed by atoms with Crippen molar-refractivity contribution in [3.05, 3.63) is 42.2 Å². The molecule has 1 aliphatic heterocycles. The van der Waals surface area contributed by atoms with Crippen LogP contribution in [0.4, 0.5) is 5.95 Å². The second-order valence-corrected chi connectivity index (χ2v) is 6.10. The Hall–Kier alpha value is -2.87. The maximum Gasteiger partial charge on any atom is 0.256 e. The molecule has 0 spiro atoms. The third-order valence-corrected chi connectivity index (χ3v) is 4.28. The first-order chi connectivity index (χ1) is 13.2. The van der Waals surface area contributed by atoms with E-state index in [2.05, 4.69) is 9.97 Å². The topological polar surface area (TPSA) is 77.0 Å². The molecule has 8 nitrogen and oxygen atoms in total. The van der Waals surface area contributed by atoms with E-state index in [9.17, 15) is 4.79 Å². The van der Waals surface area contributed by atoms with Crippen LogP contribution in [0, 0.1) is 0 Å². The maximum absolute atomic E-state index is 12.5. The van der Waals surface area contributed by atoms with Gasteiger partial charge in [0.05, 0.1) is 32.4 Å². The molecular weight excluding hydrogens is 348 g/mol. The smallest absolute Gasteiger partial charge is 0.256 e. The minimum Gasteiger partial charge on any atom is -0.493 e. The standard InChI is InChI=1S/C19H24N4O4/c1-22(7-12-27-17-6-4-3-5-16(17)25-2)18(24)15-13-20-19(21-14-15)23-8-10-26-11-9-23/h3-6,13-14H,7-12H2,1-2H3. The van der Waals surface area contributed by atoms with Crippen LogP contribution in [0.1, 0.15) is 10.4 Å². The summed E-state index contributed by atoms with van der Waals surface area (Å²) in [4.78, 5) is 24.8. The van der Waals surface area contributed by atoms with Crippen molar-refractivity contribution < 1.29 is 19.0 Å². The molecule has 1 saturated heterocycles. The van der Waals surface area contributed by atoms with E-state index < -0.39 is 0 Å². The lowest BCUT2D eigenvalue weighted by atomic mass is 10.3. The second kappa shape index (κ2) is 9.18. The number of anilines is 1. The SMILES string of the molecule is COc1ccccc1OCCN(C)C(=O)c1cnc(N2CCOCC2)nc1. The van der Waals surface area contributed by atoms with Crippen molar-refractivity contribution >= 4 is 11.9 Å². The molecule has 0 atom stereocenters. The van der Waals surface area contributed by atoms with Crippen LogP contribution in [0.3, 0.4) is 0 Å². The van der Waals surface area contributed by atoms with Crippen LogP contribution in [0.5, 0.6) is 11.5 Å². The summed E-state index contributed by atoms with van der Waals surface area (Å²) in [5.41, 5.74) is 0.451. The lowest BCUT2D eigenvalue weighted by Gasteiger charge is -2.26. The number of nitrogens with zero attached hydrogens (tertiary/aromatic N) is 4. The molecule has 0 radical (unpaired) electrons. The number of carbonyl (C=O) groups is 1. The molecule has 1 fully saturated rings. The zero-order valence-electron chi connectivity index (χ0n) is 15.6. The van der Waals surface area contributed by atoms with Gasteiger partial charge in [0.15, 0.2) is 11.5 Å². The number of para-hydroxylation sites is 2. The van der Waals surface area contributed by atoms with Gasteiger partial charge in [0, 0.05) is 32.5 Å². The lowest BCUT2D eigenvalue weighted by Crippen LogP contribution is -2.37.